The summed E-state index contributed by atoms with van der Waals surface area (Å²) in [4.78, 5) is 24.2. The minimum absolute atomic E-state index is 0.0295. The number of carboxylic acid groups (broad SMARTS) is 1. The van der Waals surface area contributed by atoms with E-state index in [9.17, 15) is 14.7 Å². The van der Waals surface area contributed by atoms with Gasteiger partial charge in [-0.2, -0.15) is 0 Å². The van der Waals surface area contributed by atoms with Crippen LogP contribution in [0.4, 0.5) is 0 Å². The Balaban J connectivity index is 2.53. The van der Waals surface area contributed by atoms with Crippen LogP contribution >= 0.6 is 11.6 Å². The van der Waals surface area contributed by atoms with Gasteiger partial charge in [0.2, 0.25) is 0 Å². The van der Waals surface area contributed by atoms with Crippen molar-refractivity contribution in [1.82, 2.24) is 0 Å². The van der Waals surface area contributed by atoms with E-state index in [1.807, 2.05) is 0 Å². The van der Waals surface area contributed by atoms with Gasteiger partial charge >= 0.3 is 153 Å². The summed E-state index contributed by atoms with van der Waals surface area (Å²) in [5.41, 5.74) is 0.800. The molecule has 7 heteroatoms. The molecule has 2 rings (SSSR count). The van der Waals surface area contributed by atoms with Crippen LogP contribution in [0.25, 0.3) is 0 Å². The monoisotopic (exact) mass is 407 g/mol. The van der Waals surface area contributed by atoms with E-state index < -0.39 is 5.97 Å². The summed E-state index contributed by atoms with van der Waals surface area (Å²) in [6, 6.07) is 7.96. The van der Waals surface area contributed by atoms with Crippen molar-refractivity contribution in [2.45, 2.75) is 6.42 Å². The summed E-state index contributed by atoms with van der Waals surface area (Å²) < 4.78 is 11.0. The second-order valence-electron chi connectivity index (χ2n) is 4.92. The first-order valence-corrected chi connectivity index (χ1v) is 8.33. The molecule has 0 saturated carbocycles. The fraction of sp³-hybridized carbons (Fsp3) is 0.176. The molecule has 0 aromatic heterocycles. The van der Waals surface area contributed by atoms with E-state index in [0.717, 1.165) is 0 Å². The van der Waals surface area contributed by atoms with Crippen molar-refractivity contribution in [2.24, 2.45) is 0 Å². The molecule has 3 radical (unpaired) electrons. The van der Waals surface area contributed by atoms with Crippen LogP contribution in [-0.4, -0.2) is 47.6 Å². The first kappa shape index (κ1) is 18.4. The normalized spacial score (nSPS) is 10.3. The van der Waals surface area contributed by atoms with Crippen molar-refractivity contribution < 1.29 is 24.2 Å². The molecule has 0 amide bonds. The Bertz CT molecular complexity index is 787. The maximum atomic E-state index is 12.5. The standard InChI is InChI=1S/C17H14ClGeO5/c1-23-13-8-14(24-2)16(19)11(15(13)17(21)22)7-12(20)9-3-5-10(18)6-4-9/h3-6,8H,7H2,1-2H3,(H,21,22). The van der Waals surface area contributed by atoms with Gasteiger partial charge in [0.15, 0.2) is 0 Å². The second kappa shape index (κ2) is 7.72. The number of carboxylic acids is 1. The number of Topliss-reactive ketones (excluding diaryl/α,β-unsaturated/α-hetero) is 1. The predicted octanol–water partition coefficient (Wildman–Crippen LogP) is 2.27. The van der Waals surface area contributed by atoms with E-state index >= 15 is 0 Å². The van der Waals surface area contributed by atoms with Crippen molar-refractivity contribution in [3.8, 4) is 11.5 Å². The molecule has 0 aliphatic heterocycles. The summed E-state index contributed by atoms with van der Waals surface area (Å²) in [7, 11) is 2.86. The maximum absolute atomic E-state index is 12.5. The number of aromatic carboxylic acids is 1. The van der Waals surface area contributed by atoms with Crippen LogP contribution in [0.3, 0.4) is 0 Å². The molecule has 0 bridgehead atoms. The van der Waals surface area contributed by atoms with Gasteiger partial charge in [-0.15, -0.1) is 0 Å². The molecule has 24 heavy (non-hydrogen) atoms. The van der Waals surface area contributed by atoms with Crippen LogP contribution in [-0.2, 0) is 6.42 Å². The zero-order valence-corrected chi connectivity index (χ0v) is 15.9. The van der Waals surface area contributed by atoms with Gasteiger partial charge in [0.05, 0.1) is 0 Å². The number of hydrogen-bond acceptors (Lipinski definition) is 4. The predicted molar refractivity (Wildman–Crippen MR) is 91.4 cm³/mol. The molecular weight excluding hydrogens is 392 g/mol. The number of rotatable bonds is 6. The number of hydrogen-bond donors (Lipinski definition) is 1. The third-order valence-corrected chi connectivity index (χ3v) is 4.92. The molecule has 0 spiro atoms. The van der Waals surface area contributed by atoms with Crippen molar-refractivity contribution in [3.63, 3.8) is 0 Å². The first-order valence-electron chi connectivity index (χ1n) is 6.90. The van der Waals surface area contributed by atoms with E-state index in [1.165, 1.54) is 20.3 Å². The zero-order chi connectivity index (χ0) is 17.9. The van der Waals surface area contributed by atoms with Gasteiger partial charge in [-0.05, 0) is 0 Å². The molecule has 0 aliphatic rings. The number of ether oxygens (including phenoxy) is 2. The van der Waals surface area contributed by atoms with Gasteiger partial charge in [-0.3, -0.25) is 0 Å². The van der Waals surface area contributed by atoms with Crippen LogP contribution in [0.2, 0.25) is 5.02 Å². The Morgan fingerprint density at radius 1 is 1.12 bits per heavy atom. The SMILES string of the molecule is COc1cc(OC)c(C(=O)O)c(CC(=O)c2ccc(Cl)cc2)[c]1[Ge]. The van der Waals surface area contributed by atoms with Gasteiger partial charge in [-0.25, -0.2) is 0 Å². The Labute approximate surface area is 152 Å². The van der Waals surface area contributed by atoms with E-state index in [0.29, 0.717) is 26.3 Å². The Hall–Kier alpha value is -1.99. The van der Waals surface area contributed by atoms with Gasteiger partial charge in [0.1, 0.15) is 0 Å². The minimum atomic E-state index is -1.16. The average molecular weight is 406 g/mol. The van der Waals surface area contributed by atoms with Gasteiger partial charge in [0.25, 0.3) is 0 Å². The third-order valence-electron chi connectivity index (χ3n) is 3.52. The molecule has 0 heterocycles. The molecule has 123 valence electrons. The van der Waals surface area contributed by atoms with Crippen LogP contribution in [0.1, 0.15) is 26.3 Å². The van der Waals surface area contributed by atoms with Crippen LogP contribution < -0.4 is 13.9 Å². The Morgan fingerprint density at radius 3 is 2.21 bits per heavy atom. The third kappa shape index (κ3) is 3.73. The number of benzene rings is 2. The van der Waals surface area contributed by atoms with Crippen molar-refractivity contribution in [2.75, 3.05) is 14.2 Å². The average Bonchev–Trinajstić information content (AvgIpc) is 2.56. The fourth-order valence-electron chi connectivity index (χ4n) is 2.32. The summed E-state index contributed by atoms with van der Waals surface area (Å²) in [6.45, 7) is 0. The molecule has 1 N–H and O–H groups in total. The Morgan fingerprint density at radius 2 is 1.71 bits per heavy atom. The summed E-state index contributed by atoms with van der Waals surface area (Å²) >= 11 is 7.54. The van der Waals surface area contributed by atoms with Crippen molar-refractivity contribution in [1.29, 1.82) is 0 Å². The molecule has 2 aromatic carbocycles. The second-order valence-corrected chi connectivity index (χ2v) is 6.41. The zero-order valence-electron chi connectivity index (χ0n) is 13.1. The van der Waals surface area contributed by atoms with Gasteiger partial charge in [-0.1, -0.05) is 0 Å². The van der Waals surface area contributed by atoms with E-state index in [1.54, 1.807) is 40.8 Å². The number of carbonyl (C=O) groups is 2. The summed E-state index contributed by atoms with van der Waals surface area (Å²) in [5.74, 6) is -0.747. The molecule has 0 unspecified atom stereocenters. The van der Waals surface area contributed by atoms with E-state index in [4.69, 9.17) is 21.1 Å². The first-order chi connectivity index (χ1) is 11.4. The van der Waals surface area contributed by atoms with Crippen molar-refractivity contribution in [3.05, 3.63) is 52.0 Å². The van der Waals surface area contributed by atoms with Crippen LogP contribution in [0, 0.1) is 0 Å². The van der Waals surface area contributed by atoms with Gasteiger partial charge < -0.3 is 0 Å². The summed E-state index contributed by atoms with van der Waals surface area (Å²) in [6.07, 6.45) is -0.0807. The molecule has 0 aliphatic carbocycles. The topological polar surface area (TPSA) is 72.8 Å². The van der Waals surface area contributed by atoms with Gasteiger partial charge in [0, 0.05) is 0 Å². The summed E-state index contributed by atoms with van der Waals surface area (Å²) in [5, 5.41) is 10.1. The fourth-order valence-corrected chi connectivity index (χ4v) is 3.26. The number of carbonyl (C=O) groups excluding carboxylic acids is 1. The molecule has 0 atom stereocenters. The number of methoxy groups -OCH3 is 2. The van der Waals surface area contributed by atoms with E-state index in [-0.39, 0.29) is 23.5 Å². The number of ketones is 1. The molecule has 0 saturated heterocycles. The molecule has 2 aromatic rings. The Kier molecular flexibility index (Phi) is 5.91. The molecular formula is C17H14ClGeO5. The quantitative estimate of drug-likeness (QED) is 0.589. The number of halogens is 1. The van der Waals surface area contributed by atoms with Crippen LogP contribution in [0.15, 0.2) is 30.3 Å². The van der Waals surface area contributed by atoms with Crippen LogP contribution in [0.5, 0.6) is 11.5 Å². The van der Waals surface area contributed by atoms with E-state index in [2.05, 4.69) is 0 Å². The molecule has 0 fully saturated rings. The molecule has 5 nitrogen and oxygen atoms in total. The van der Waals surface area contributed by atoms with Crippen molar-refractivity contribution >= 4 is 44.3 Å².